The molecule has 0 amide bonds. The van der Waals surface area contributed by atoms with Gasteiger partial charge >= 0.3 is 0 Å². The molecule has 0 radical (unpaired) electrons. The van der Waals surface area contributed by atoms with Gasteiger partial charge in [0.25, 0.3) is 0 Å². The third-order valence-corrected chi connectivity index (χ3v) is 3.90. The molecule has 0 heterocycles. The zero-order chi connectivity index (χ0) is 14.8. The van der Waals surface area contributed by atoms with E-state index in [-0.39, 0.29) is 0 Å². The maximum Gasteiger partial charge on any atom is 0.0420 e. The highest BCUT2D eigenvalue weighted by Gasteiger charge is 2.21. The third kappa shape index (κ3) is 2.55. The third-order valence-electron chi connectivity index (χ3n) is 3.90. The molecule has 1 N–H and O–H groups in total. The molecule has 0 unspecified atom stereocenters. The minimum atomic E-state index is 0.912. The summed E-state index contributed by atoms with van der Waals surface area (Å²) in [6.07, 6.45) is 2.80. The molecule has 3 rings (SSSR count). The number of hydrogen-bond acceptors (Lipinski definition) is 1. The van der Waals surface area contributed by atoms with Crippen LogP contribution in [0.15, 0.2) is 79.0 Å². The van der Waals surface area contributed by atoms with E-state index in [2.05, 4.69) is 73.9 Å². The summed E-state index contributed by atoms with van der Waals surface area (Å²) in [4.78, 5) is 0. The van der Waals surface area contributed by atoms with E-state index in [1.165, 1.54) is 22.3 Å². The lowest BCUT2D eigenvalue weighted by atomic mass is 10.1. The smallest absolute Gasteiger partial charge is 0.0420 e. The van der Waals surface area contributed by atoms with E-state index in [0.717, 1.165) is 23.4 Å². The highest BCUT2D eigenvalue weighted by molar-refractivity contribution is 5.86. The van der Waals surface area contributed by atoms with Gasteiger partial charge < -0.3 is 5.32 Å². The molecule has 2 aromatic rings. The monoisotopic (exact) mass is 273 g/mol. The van der Waals surface area contributed by atoms with Crippen LogP contribution in [0.5, 0.6) is 0 Å². The Balaban J connectivity index is 1.97. The van der Waals surface area contributed by atoms with Crippen LogP contribution in [0.1, 0.15) is 16.7 Å². The van der Waals surface area contributed by atoms with E-state index in [4.69, 9.17) is 0 Å². The minimum absolute atomic E-state index is 0.912. The van der Waals surface area contributed by atoms with Gasteiger partial charge in [-0.05, 0) is 53.0 Å². The van der Waals surface area contributed by atoms with Crippen LogP contribution in [0, 0.1) is 6.92 Å². The van der Waals surface area contributed by atoms with Gasteiger partial charge in [-0.2, -0.15) is 0 Å². The Morgan fingerprint density at radius 3 is 2.67 bits per heavy atom. The molecule has 0 saturated carbocycles. The summed E-state index contributed by atoms with van der Waals surface area (Å²) >= 11 is 0. The Kier molecular flexibility index (Phi) is 3.49. The summed E-state index contributed by atoms with van der Waals surface area (Å²) in [5.41, 5.74) is 8.28. The molecule has 2 aromatic carbocycles. The Bertz CT molecular complexity index is 750. The van der Waals surface area contributed by atoms with E-state index in [1.807, 2.05) is 6.08 Å². The highest BCUT2D eigenvalue weighted by Crippen LogP contribution is 2.37. The number of benzene rings is 2. The molecule has 1 aliphatic carbocycles. The molecule has 0 saturated heterocycles. The first kappa shape index (κ1) is 13.4. The van der Waals surface area contributed by atoms with Crippen molar-refractivity contribution in [2.24, 2.45) is 0 Å². The first-order chi connectivity index (χ1) is 10.2. The van der Waals surface area contributed by atoms with Gasteiger partial charge in [-0.1, -0.05) is 49.6 Å². The van der Waals surface area contributed by atoms with Gasteiger partial charge in [0.1, 0.15) is 0 Å². The molecule has 0 spiro atoms. The highest BCUT2D eigenvalue weighted by atomic mass is 14.9. The van der Waals surface area contributed by atoms with Crippen LogP contribution in [-0.2, 0) is 6.42 Å². The number of anilines is 1. The van der Waals surface area contributed by atoms with Crippen molar-refractivity contribution in [1.29, 1.82) is 0 Å². The summed E-state index contributed by atoms with van der Waals surface area (Å²) in [5.74, 6) is 0. The van der Waals surface area contributed by atoms with Gasteiger partial charge in [0.05, 0.1) is 0 Å². The average Bonchev–Trinajstić information content (AvgIpc) is 2.82. The summed E-state index contributed by atoms with van der Waals surface area (Å²) in [6.45, 7) is 10.3. The van der Waals surface area contributed by atoms with Gasteiger partial charge in [-0.25, -0.2) is 0 Å². The summed E-state index contributed by atoms with van der Waals surface area (Å²) in [6, 6.07) is 16.8. The van der Waals surface area contributed by atoms with Gasteiger partial charge in [0, 0.05) is 17.8 Å². The molecule has 0 bridgehead atoms. The van der Waals surface area contributed by atoms with Crippen LogP contribution in [0.2, 0.25) is 0 Å². The van der Waals surface area contributed by atoms with E-state index in [0.29, 0.717) is 0 Å². The molecule has 0 aromatic heterocycles. The normalized spacial score (nSPS) is 15.6. The Hall–Kier alpha value is -2.54. The molecule has 21 heavy (non-hydrogen) atoms. The van der Waals surface area contributed by atoms with Crippen LogP contribution in [0.25, 0.3) is 5.57 Å². The van der Waals surface area contributed by atoms with Gasteiger partial charge in [-0.3, -0.25) is 0 Å². The molecule has 1 nitrogen and oxygen atoms in total. The van der Waals surface area contributed by atoms with Crippen molar-refractivity contribution >= 4 is 11.3 Å². The van der Waals surface area contributed by atoms with Gasteiger partial charge in [0.2, 0.25) is 0 Å². The van der Waals surface area contributed by atoms with E-state index < -0.39 is 0 Å². The molecule has 104 valence electrons. The van der Waals surface area contributed by atoms with Crippen molar-refractivity contribution in [2.75, 3.05) is 5.32 Å². The van der Waals surface area contributed by atoms with Crippen molar-refractivity contribution in [2.45, 2.75) is 13.3 Å². The molecule has 0 aliphatic heterocycles. The lowest BCUT2D eigenvalue weighted by Crippen LogP contribution is -2.01. The summed E-state index contributed by atoms with van der Waals surface area (Å²) in [7, 11) is 0. The second-order valence-electron chi connectivity index (χ2n) is 5.40. The van der Waals surface area contributed by atoms with Crippen LogP contribution >= 0.6 is 0 Å². The lowest BCUT2D eigenvalue weighted by Gasteiger charge is -2.12. The Morgan fingerprint density at radius 1 is 1.14 bits per heavy atom. The number of aryl methyl sites for hydroxylation is 1. The topological polar surface area (TPSA) is 12.0 Å². The van der Waals surface area contributed by atoms with Crippen molar-refractivity contribution in [3.8, 4) is 0 Å². The molecular formula is C20H19N. The Morgan fingerprint density at radius 2 is 1.95 bits per heavy atom. The largest absolute Gasteiger partial charge is 0.355 e. The van der Waals surface area contributed by atoms with Crippen LogP contribution < -0.4 is 5.32 Å². The molecule has 1 aliphatic rings. The Labute approximate surface area is 126 Å². The van der Waals surface area contributed by atoms with Gasteiger partial charge in [0.15, 0.2) is 0 Å². The number of allylic oxidation sites excluding steroid dienone is 3. The van der Waals surface area contributed by atoms with Crippen molar-refractivity contribution in [3.63, 3.8) is 0 Å². The molecule has 1 heteroatoms. The molecular weight excluding hydrogens is 254 g/mol. The zero-order valence-electron chi connectivity index (χ0n) is 12.3. The number of rotatable bonds is 3. The summed E-state index contributed by atoms with van der Waals surface area (Å²) < 4.78 is 0. The van der Waals surface area contributed by atoms with Crippen LogP contribution in [-0.4, -0.2) is 0 Å². The summed E-state index contributed by atoms with van der Waals surface area (Å²) in [5, 5.41) is 3.48. The predicted octanol–water partition coefficient (Wildman–Crippen LogP) is 5.12. The minimum Gasteiger partial charge on any atom is -0.355 e. The average molecular weight is 273 g/mol. The maximum atomic E-state index is 4.26. The van der Waals surface area contributed by atoms with E-state index >= 15 is 0 Å². The predicted molar refractivity (Wildman–Crippen MR) is 91.2 cm³/mol. The molecule has 0 atom stereocenters. The zero-order valence-corrected chi connectivity index (χ0v) is 12.3. The fourth-order valence-corrected chi connectivity index (χ4v) is 2.81. The standard InChI is InChI=1S/C20H19N/c1-4-20(21-17-10-7-8-14(2)12-17)19-13-16-9-5-6-11-18(16)15(19)3/h4-12,21H,1,3,13H2,2H3/b20-19+. The van der Waals surface area contributed by atoms with Crippen LogP contribution in [0.3, 0.4) is 0 Å². The number of nitrogens with one attached hydrogen (secondary N) is 1. The van der Waals surface area contributed by atoms with Crippen molar-refractivity contribution < 1.29 is 0 Å². The molecule has 0 fully saturated rings. The number of fused-ring (bicyclic) bond motifs is 1. The fraction of sp³-hybridized carbons (Fsp3) is 0.100. The SMILES string of the molecule is C=C/C(Nc1cccc(C)c1)=C1/Cc2ccccc2C1=C. The van der Waals surface area contributed by atoms with Crippen molar-refractivity contribution in [3.05, 3.63) is 95.7 Å². The first-order valence-corrected chi connectivity index (χ1v) is 7.16. The van der Waals surface area contributed by atoms with Crippen molar-refractivity contribution in [1.82, 2.24) is 0 Å². The quantitative estimate of drug-likeness (QED) is 0.818. The van der Waals surface area contributed by atoms with E-state index in [9.17, 15) is 0 Å². The fourth-order valence-electron chi connectivity index (χ4n) is 2.81. The second-order valence-corrected chi connectivity index (χ2v) is 5.40. The van der Waals surface area contributed by atoms with Crippen LogP contribution in [0.4, 0.5) is 5.69 Å². The first-order valence-electron chi connectivity index (χ1n) is 7.16. The van der Waals surface area contributed by atoms with E-state index in [1.54, 1.807) is 0 Å². The lowest BCUT2D eigenvalue weighted by molar-refractivity contribution is 1.23. The van der Waals surface area contributed by atoms with Gasteiger partial charge in [-0.15, -0.1) is 0 Å². The maximum absolute atomic E-state index is 4.26. The number of hydrogen-bond donors (Lipinski definition) is 1. The second kappa shape index (κ2) is 5.45.